The Morgan fingerprint density at radius 2 is 1.67 bits per heavy atom. The van der Waals surface area contributed by atoms with Crippen LogP contribution in [0.5, 0.6) is 0 Å². The number of benzene rings is 2. The van der Waals surface area contributed by atoms with E-state index in [1.54, 1.807) is 4.72 Å². The molecule has 0 aliphatic heterocycles. The minimum atomic E-state index is -4.56. The van der Waals surface area contributed by atoms with E-state index in [1.165, 1.54) is 19.1 Å². The number of halogens is 3. The molecule has 0 fully saturated rings. The first-order valence-electron chi connectivity index (χ1n) is 6.70. The summed E-state index contributed by atoms with van der Waals surface area (Å²) in [5.74, 6) is -3.91. The highest BCUT2D eigenvalue weighted by molar-refractivity contribution is 7.89. The lowest BCUT2D eigenvalue weighted by atomic mass is 10.2. The second-order valence-electron chi connectivity index (χ2n) is 4.89. The molecule has 0 bridgehead atoms. The van der Waals surface area contributed by atoms with Crippen LogP contribution in [0.3, 0.4) is 0 Å². The van der Waals surface area contributed by atoms with Crippen molar-refractivity contribution >= 4 is 21.6 Å². The Kier molecular flexibility index (Phi) is 5.25. The summed E-state index contributed by atoms with van der Waals surface area (Å²) < 4.78 is 66.0. The molecule has 0 radical (unpaired) electrons. The van der Waals surface area contributed by atoms with Crippen LogP contribution in [0.25, 0.3) is 0 Å². The molecular weight excluding hydrogens is 345 g/mol. The van der Waals surface area contributed by atoms with E-state index in [4.69, 9.17) is 0 Å². The summed E-state index contributed by atoms with van der Waals surface area (Å²) in [7, 11) is -4.56. The van der Waals surface area contributed by atoms with Gasteiger partial charge in [0, 0.05) is 5.69 Å². The molecule has 0 saturated carbocycles. The smallest absolute Gasteiger partial charge is 0.246 e. The lowest BCUT2D eigenvalue weighted by Gasteiger charge is -2.09. The maximum atomic E-state index is 13.5. The number of hydrogen-bond donors (Lipinski definition) is 2. The summed E-state index contributed by atoms with van der Waals surface area (Å²) in [5, 5.41) is 2.27. The molecule has 24 heavy (non-hydrogen) atoms. The topological polar surface area (TPSA) is 75.3 Å². The van der Waals surface area contributed by atoms with Crippen molar-refractivity contribution in [2.75, 3.05) is 11.9 Å². The molecule has 0 aromatic heterocycles. The highest BCUT2D eigenvalue weighted by Crippen LogP contribution is 2.18. The highest BCUT2D eigenvalue weighted by Gasteiger charge is 2.24. The Bertz CT molecular complexity index is 865. The molecule has 5 nitrogen and oxygen atoms in total. The zero-order chi connectivity index (χ0) is 17.9. The summed E-state index contributed by atoms with van der Waals surface area (Å²) in [4.78, 5) is 10.5. The van der Waals surface area contributed by atoms with Crippen LogP contribution in [0, 0.1) is 24.4 Å². The predicted octanol–water partition coefficient (Wildman–Crippen LogP) is 2.33. The van der Waals surface area contributed by atoms with Crippen LogP contribution in [0.1, 0.15) is 5.56 Å². The summed E-state index contributed by atoms with van der Waals surface area (Å²) in [5.41, 5.74) is 0.503. The van der Waals surface area contributed by atoms with Gasteiger partial charge in [-0.15, -0.1) is 0 Å². The minimum Gasteiger partial charge on any atom is -0.325 e. The van der Waals surface area contributed by atoms with Crippen LogP contribution in [0.15, 0.2) is 41.3 Å². The molecule has 1 amide bonds. The molecule has 2 N–H and O–H groups in total. The quantitative estimate of drug-likeness (QED) is 0.861. The molecule has 0 spiro atoms. The fourth-order valence-corrected chi connectivity index (χ4v) is 2.96. The van der Waals surface area contributed by atoms with Gasteiger partial charge in [0.25, 0.3) is 0 Å². The van der Waals surface area contributed by atoms with E-state index < -0.39 is 44.8 Å². The zero-order valence-electron chi connectivity index (χ0n) is 12.4. The Hall–Kier alpha value is -2.39. The molecule has 0 atom stereocenters. The minimum absolute atomic E-state index is 0.124. The van der Waals surface area contributed by atoms with E-state index in [0.717, 1.165) is 24.3 Å². The van der Waals surface area contributed by atoms with E-state index in [-0.39, 0.29) is 5.69 Å². The van der Waals surface area contributed by atoms with Crippen LogP contribution in [-0.4, -0.2) is 20.9 Å². The average molecular weight is 358 g/mol. The van der Waals surface area contributed by atoms with Crippen molar-refractivity contribution in [3.63, 3.8) is 0 Å². The zero-order valence-corrected chi connectivity index (χ0v) is 13.3. The molecule has 9 heteroatoms. The number of carbonyl (C=O) groups excluding carboxylic acids is 1. The fraction of sp³-hybridized carbons (Fsp3) is 0.133. The Labute approximate surface area is 136 Å². The first kappa shape index (κ1) is 18.0. The lowest BCUT2D eigenvalue weighted by molar-refractivity contribution is -0.115. The van der Waals surface area contributed by atoms with Crippen molar-refractivity contribution < 1.29 is 26.4 Å². The van der Waals surface area contributed by atoms with E-state index in [0.29, 0.717) is 5.56 Å². The first-order valence-corrected chi connectivity index (χ1v) is 8.18. The van der Waals surface area contributed by atoms with E-state index in [1.807, 2.05) is 0 Å². The summed E-state index contributed by atoms with van der Waals surface area (Å²) in [6.45, 7) is 0.767. The molecule has 0 aliphatic carbocycles. The number of sulfonamides is 1. The largest absolute Gasteiger partial charge is 0.325 e. The third-order valence-corrected chi connectivity index (χ3v) is 4.52. The fourth-order valence-electron chi connectivity index (χ4n) is 1.85. The van der Waals surface area contributed by atoms with Crippen molar-refractivity contribution in [2.24, 2.45) is 0 Å². The van der Waals surface area contributed by atoms with Gasteiger partial charge >= 0.3 is 0 Å². The first-order chi connectivity index (χ1) is 11.2. The van der Waals surface area contributed by atoms with Gasteiger partial charge in [0.15, 0.2) is 4.90 Å². The summed E-state index contributed by atoms with van der Waals surface area (Å²) in [6, 6.07) is 6.52. The summed E-state index contributed by atoms with van der Waals surface area (Å²) >= 11 is 0. The number of aryl methyl sites for hydroxylation is 1. The maximum absolute atomic E-state index is 13.5. The third-order valence-electron chi connectivity index (χ3n) is 3.07. The average Bonchev–Trinajstić information content (AvgIpc) is 2.49. The SMILES string of the molecule is Cc1ccc(NC(=O)CNS(=O)(=O)c2c(F)cccc2F)cc1F. The van der Waals surface area contributed by atoms with Gasteiger partial charge in [-0.1, -0.05) is 12.1 Å². The molecule has 2 rings (SSSR count). The van der Waals surface area contributed by atoms with Crippen molar-refractivity contribution in [3.05, 3.63) is 59.4 Å². The second-order valence-corrected chi connectivity index (χ2v) is 6.59. The number of amides is 1. The van der Waals surface area contributed by atoms with Crippen molar-refractivity contribution in [1.82, 2.24) is 4.72 Å². The van der Waals surface area contributed by atoms with Gasteiger partial charge in [0.05, 0.1) is 6.54 Å². The van der Waals surface area contributed by atoms with Crippen LogP contribution in [0.4, 0.5) is 18.9 Å². The van der Waals surface area contributed by atoms with Gasteiger partial charge < -0.3 is 5.32 Å². The molecule has 128 valence electrons. The maximum Gasteiger partial charge on any atom is 0.246 e. The number of hydrogen-bond acceptors (Lipinski definition) is 3. The van der Waals surface area contributed by atoms with Crippen molar-refractivity contribution in [1.29, 1.82) is 0 Å². The van der Waals surface area contributed by atoms with E-state index >= 15 is 0 Å². The Balaban J connectivity index is 2.06. The van der Waals surface area contributed by atoms with Crippen LogP contribution in [-0.2, 0) is 14.8 Å². The van der Waals surface area contributed by atoms with Crippen LogP contribution >= 0.6 is 0 Å². The Morgan fingerprint density at radius 1 is 1.04 bits per heavy atom. The van der Waals surface area contributed by atoms with Gasteiger partial charge in [-0.2, -0.15) is 0 Å². The standard InChI is InChI=1S/C15H13F3N2O3S/c1-9-5-6-10(7-13(9)18)20-14(21)8-19-24(22,23)15-11(16)3-2-4-12(15)17/h2-7,19H,8H2,1H3,(H,20,21). The van der Waals surface area contributed by atoms with Gasteiger partial charge in [0.2, 0.25) is 15.9 Å². The van der Waals surface area contributed by atoms with Gasteiger partial charge in [-0.25, -0.2) is 26.3 Å². The Morgan fingerprint density at radius 3 is 2.25 bits per heavy atom. The molecule has 0 aliphatic rings. The second kappa shape index (κ2) is 7.02. The van der Waals surface area contributed by atoms with Crippen molar-refractivity contribution in [2.45, 2.75) is 11.8 Å². The van der Waals surface area contributed by atoms with Gasteiger partial charge in [-0.05, 0) is 36.8 Å². The number of anilines is 1. The molecule has 0 saturated heterocycles. The van der Waals surface area contributed by atoms with Crippen LogP contribution < -0.4 is 10.0 Å². The van der Waals surface area contributed by atoms with Crippen molar-refractivity contribution in [3.8, 4) is 0 Å². The summed E-state index contributed by atoms with van der Waals surface area (Å²) in [6.07, 6.45) is 0. The predicted molar refractivity (Wildman–Crippen MR) is 81.3 cm³/mol. The molecule has 0 unspecified atom stereocenters. The van der Waals surface area contributed by atoms with Gasteiger partial charge in [0.1, 0.15) is 17.5 Å². The molecule has 0 heterocycles. The van der Waals surface area contributed by atoms with E-state index in [2.05, 4.69) is 5.32 Å². The number of rotatable bonds is 5. The van der Waals surface area contributed by atoms with Gasteiger partial charge in [-0.3, -0.25) is 4.79 Å². The van der Waals surface area contributed by atoms with E-state index in [9.17, 15) is 26.4 Å². The monoisotopic (exact) mass is 358 g/mol. The molecule has 2 aromatic rings. The third kappa shape index (κ3) is 4.12. The molecular formula is C15H13F3N2O3S. The number of nitrogens with one attached hydrogen (secondary N) is 2. The normalized spacial score (nSPS) is 11.3. The number of carbonyl (C=O) groups is 1. The molecule has 2 aromatic carbocycles. The van der Waals surface area contributed by atoms with Crippen LogP contribution in [0.2, 0.25) is 0 Å². The highest BCUT2D eigenvalue weighted by atomic mass is 32.2. The lowest BCUT2D eigenvalue weighted by Crippen LogP contribution is -2.33.